The molecule has 29 heavy (non-hydrogen) atoms. The fraction of sp³-hybridized carbons (Fsp3) is 0.190. The van der Waals surface area contributed by atoms with Gasteiger partial charge in [-0.2, -0.15) is 5.26 Å². The third-order valence-corrected chi connectivity index (χ3v) is 4.69. The maximum Gasteiger partial charge on any atom is 0.257 e. The molecule has 1 fully saturated rings. The minimum absolute atomic E-state index is 0.0799. The standard InChI is InChI=1S/C21H19N7O/c22-13-16-4-3-5-18(12-16)26-21-24-14-17(15-25-21)20(29)28-10-8-27(9-11-28)19-6-1-2-7-23-19/h1-7,12,14-15H,8-11H2,(H,24,25,26). The fourth-order valence-corrected chi connectivity index (χ4v) is 3.16. The molecule has 1 aliphatic heterocycles. The number of nitriles is 1. The van der Waals surface area contributed by atoms with Gasteiger partial charge in [0.2, 0.25) is 5.95 Å². The van der Waals surface area contributed by atoms with E-state index >= 15 is 0 Å². The Balaban J connectivity index is 1.36. The molecule has 0 spiro atoms. The van der Waals surface area contributed by atoms with Gasteiger partial charge < -0.3 is 15.1 Å². The van der Waals surface area contributed by atoms with Crippen molar-refractivity contribution < 1.29 is 4.79 Å². The molecule has 4 rings (SSSR count). The molecule has 2 aromatic heterocycles. The van der Waals surface area contributed by atoms with Gasteiger partial charge in [-0.1, -0.05) is 12.1 Å². The molecule has 1 N–H and O–H groups in total. The lowest BCUT2D eigenvalue weighted by molar-refractivity contribution is 0.0745. The van der Waals surface area contributed by atoms with E-state index in [0.29, 0.717) is 35.9 Å². The van der Waals surface area contributed by atoms with E-state index in [1.54, 1.807) is 24.4 Å². The lowest BCUT2D eigenvalue weighted by Crippen LogP contribution is -2.49. The summed E-state index contributed by atoms with van der Waals surface area (Å²) in [4.78, 5) is 29.6. The molecule has 0 aliphatic carbocycles. The second-order valence-corrected chi connectivity index (χ2v) is 6.58. The summed E-state index contributed by atoms with van der Waals surface area (Å²) in [5.41, 5.74) is 1.72. The highest BCUT2D eigenvalue weighted by molar-refractivity contribution is 5.93. The molecule has 1 amide bonds. The van der Waals surface area contributed by atoms with Gasteiger partial charge in [-0.15, -0.1) is 0 Å². The van der Waals surface area contributed by atoms with E-state index in [1.165, 1.54) is 12.4 Å². The summed E-state index contributed by atoms with van der Waals surface area (Å²) in [5, 5.41) is 12.0. The fourth-order valence-electron chi connectivity index (χ4n) is 3.16. The van der Waals surface area contributed by atoms with Crippen molar-refractivity contribution in [1.29, 1.82) is 5.26 Å². The van der Waals surface area contributed by atoms with E-state index in [0.717, 1.165) is 18.9 Å². The molecular weight excluding hydrogens is 366 g/mol. The maximum atomic E-state index is 12.8. The average molecular weight is 385 g/mol. The molecule has 8 nitrogen and oxygen atoms in total. The van der Waals surface area contributed by atoms with Crippen molar-refractivity contribution in [2.75, 3.05) is 36.4 Å². The first-order chi connectivity index (χ1) is 14.2. The molecule has 3 heterocycles. The van der Waals surface area contributed by atoms with Gasteiger partial charge in [0.25, 0.3) is 5.91 Å². The van der Waals surface area contributed by atoms with Gasteiger partial charge in [-0.05, 0) is 30.3 Å². The monoisotopic (exact) mass is 385 g/mol. The van der Waals surface area contributed by atoms with Crippen molar-refractivity contribution in [3.05, 3.63) is 72.2 Å². The van der Waals surface area contributed by atoms with E-state index in [9.17, 15) is 4.79 Å². The molecule has 0 atom stereocenters. The third-order valence-electron chi connectivity index (χ3n) is 4.69. The summed E-state index contributed by atoms with van der Waals surface area (Å²) >= 11 is 0. The van der Waals surface area contributed by atoms with Crippen molar-refractivity contribution >= 4 is 23.4 Å². The normalized spacial score (nSPS) is 13.6. The van der Waals surface area contributed by atoms with Crippen LogP contribution in [0, 0.1) is 11.3 Å². The van der Waals surface area contributed by atoms with Crippen molar-refractivity contribution in [2.24, 2.45) is 0 Å². The quantitative estimate of drug-likeness (QED) is 0.736. The second kappa shape index (κ2) is 8.35. The van der Waals surface area contributed by atoms with Crippen LogP contribution in [0.2, 0.25) is 0 Å². The summed E-state index contributed by atoms with van der Waals surface area (Å²) in [6.45, 7) is 2.71. The Labute approximate surface area is 168 Å². The molecule has 3 aromatic rings. The van der Waals surface area contributed by atoms with Crippen LogP contribution in [0.5, 0.6) is 0 Å². The molecule has 1 saturated heterocycles. The molecule has 1 aromatic carbocycles. The zero-order chi connectivity index (χ0) is 20.1. The van der Waals surface area contributed by atoms with E-state index in [1.807, 2.05) is 29.2 Å². The first-order valence-electron chi connectivity index (χ1n) is 9.27. The first kappa shape index (κ1) is 18.4. The van der Waals surface area contributed by atoms with Gasteiger partial charge in [-0.3, -0.25) is 4.79 Å². The number of hydrogen-bond acceptors (Lipinski definition) is 7. The number of aromatic nitrogens is 3. The van der Waals surface area contributed by atoms with Gasteiger partial charge in [0.15, 0.2) is 0 Å². The molecule has 1 aliphatic rings. The van der Waals surface area contributed by atoms with Crippen molar-refractivity contribution in [3.63, 3.8) is 0 Å². The van der Waals surface area contributed by atoms with Crippen LogP contribution in [-0.2, 0) is 0 Å². The lowest BCUT2D eigenvalue weighted by Gasteiger charge is -2.35. The van der Waals surface area contributed by atoms with Gasteiger partial charge in [0.1, 0.15) is 5.82 Å². The van der Waals surface area contributed by atoms with E-state index in [-0.39, 0.29) is 5.91 Å². The van der Waals surface area contributed by atoms with Crippen LogP contribution in [0.4, 0.5) is 17.5 Å². The van der Waals surface area contributed by atoms with Gasteiger partial charge in [0.05, 0.1) is 17.2 Å². The molecule has 0 radical (unpaired) electrons. The van der Waals surface area contributed by atoms with Crippen molar-refractivity contribution in [1.82, 2.24) is 19.9 Å². The van der Waals surface area contributed by atoms with Crippen LogP contribution < -0.4 is 10.2 Å². The van der Waals surface area contributed by atoms with E-state index in [4.69, 9.17) is 5.26 Å². The Kier molecular flexibility index (Phi) is 5.29. The molecular formula is C21H19N7O. The lowest BCUT2D eigenvalue weighted by atomic mass is 10.2. The Morgan fingerprint density at radius 3 is 2.48 bits per heavy atom. The highest BCUT2D eigenvalue weighted by Crippen LogP contribution is 2.16. The smallest absolute Gasteiger partial charge is 0.257 e. The van der Waals surface area contributed by atoms with Crippen LogP contribution in [-0.4, -0.2) is 51.9 Å². The maximum absolute atomic E-state index is 12.8. The number of hydrogen-bond donors (Lipinski definition) is 1. The molecule has 0 bridgehead atoms. The summed E-state index contributed by atoms with van der Waals surface area (Å²) in [7, 11) is 0. The molecule has 0 unspecified atom stereocenters. The van der Waals surface area contributed by atoms with E-state index < -0.39 is 0 Å². The predicted octanol–water partition coefficient (Wildman–Crippen LogP) is 2.45. The molecule has 144 valence electrons. The minimum Gasteiger partial charge on any atom is -0.353 e. The Hall–Kier alpha value is -3.99. The van der Waals surface area contributed by atoms with E-state index in [2.05, 4.69) is 31.2 Å². The number of piperazine rings is 1. The number of pyridine rings is 1. The first-order valence-corrected chi connectivity index (χ1v) is 9.27. The highest BCUT2D eigenvalue weighted by atomic mass is 16.2. The number of carbonyl (C=O) groups excluding carboxylic acids is 1. The van der Waals surface area contributed by atoms with Gasteiger partial charge >= 0.3 is 0 Å². The van der Waals surface area contributed by atoms with Crippen LogP contribution in [0.15, 0.2) is 61.1 Å². The SMILES string of the molecule is N#Cc1cccc(Nc2ncc(C(=O)N3CCN(c4ccccn4)CC3)cn2)c1. The van der Waals surface area contributed by atoms with Crippen LogP contribution in [0.1, 0.15) is 15.9 Å². The third kappa shape index (κ3) is 4.30. The van der Waals surface area contributed by atoms with Crippen LogP contribution >= 0.6 is 0 Å². The minimum atomic E-state index is -0.0799. The summed E-state index contributed by atoms with van der Waals surface area (Å²) in [5.74, 6) is 1.22. The van der Waals surface area contributed by atoms with Gasteiger partial charge in [-0.25, -0.2) is 15.0 Å². The average Bonchev–Trinajstić information content (AvgIpc) is 2.80. The largest absolute Gasteiger partial charge is 0.353 e. The number of nitrogens with zero attached hydrogens (tertiary/aromatic N) is 6. The number of benzene rings is 1. The molecule has 8 heteroatoms. The number of amides is 1. The molecule has 0 saturated carbocycles. The second-order valence-electron chi connectivity index (χ2n) is 6.58. The topological polar surface area (TPSA) is 98.0 Å². The highest BCUT2D eigenvalue weighted by Gasteiger charge is 2.23. The Morgan fingerprint density at radius 2 is 1.79 bits per heavy atom. The van der Waals surface area contributed by atoms with Gasteiger partial charge in [0, 0.05) is 50.5 Å². The van der Waals surface area contributed by atoms with Crippen molar-refractivity contribution in [3.8, 4) is 6.07 Å². The predicted molar refractivity (Wildman–Crippen MR) is 109 cm³/mol. The summed E-state index contributed by atoms with van der Waals surface area (Å²) in [6.07, 6.45) is 4.82. The Morgan fingerprint density at radius 1 is 1.00 bits per heavy atom. The number of nitrogens with one attached hydrogen (secondary N) is 1. The number of rotatable bonds is 4. The summed E-state index contributed by atoms with van der Waals surface area (Å²) in [6, 6.07) is 15.0. The Bertz CT molecular complexity index is 1020. The van der Waals surface area contributed by atoms with Crippen LogP contribution in [0.3, 0.4) is 0 Å². The van der Waals surface area contributed by atoms with Crippen LogP contribution in [0.25, 0.3) is 0 Å². The zero-order valence-corrected chi connectivity index (χ0v) is 15.7. The number of anilines is 3. The number of carbonyl (C=O) groups is 1. The zero-order valence-electron chi connectivity index (χ0n) is 15.7. The van der Waals surface area contributed by atoms with Crippen molar-refractivity contribution in [2.45, 2.75) is 0 Å². The summed E-state index contributed by atoms with van der Waals surface area (Å²) < 4.78 is 0.